The third-order valence-corrected chi connectivity index (χ3v) is 5.06. The smallest absolute Gasteiger partial charge is 0.323 e. The first-order valence-electron chi connectivity index (χ1n) is 9.70. The Bertz CT molecular complexity index is 936. The number of amides is 4. The highest BCUT2D eigenvalue weighted by atomic mass is 35.5. The fourth-order valence-electron chi connectivity index (χ4n) is 3.25. The van der Waals surface area contributed by atoms with E-state index < -0.39 is 18.1 Å². The second kappa shape index (κ2) is 10.1. The number of nitrogens with zero attached hydrogens (tertiary/aromatic N) is 2. The zero-order valence-corrected chi connectivity index (χ0v) is 17.8. The van der Waals surface area contributed by atoms with Crippen LogP contribution in [0.3, 0.4) is 0 Å². The molecule has 9 nitrogen and oxygen atoms in total. The Labute approximate surface area is 185 Å². The molecular formula is C21H24ClN5O4. The van der Waals surface area contributed by atoms with E-state index in [0.29, 0.717) is 22.0 Å². The lowest BCUT2D eigenvalue weighted by molar-refractivity contribution is -0.127. The van der Waals surface area contributed by atoms with Gasteiger partial charge in [0.25, 0.3) is 11.8 Å². The monoisotopic (exact) mass is 445 g/mol. The summed E-state index contributed by atoms with van der Waals surface area (Å²) in [6, 6.07) is 12.7. The van der Waals surface area contributed by atoms with Crippen molar-refractivity contribution in [1.29, 1.82) is 0 Å². The lowest BCUT2D eigenvalue weighted by Crippen LogP contribution is -2.55. The maximum Gasteiger partial charge on any atom is 0.323 e. The van der Waals surface area contributed by atoms with Gasteiger partial charge in [-0.3, -0.25) is 14.5 Å². The normalized spacial score (nSPS) is 15.5. The minimum atomic E-state index is -1.10. The number of ether oxygens (including phenoxy) is 1. The SMILES string of the molecule is COc1ccc(NC(=O)N2CCN(C(=O)c3ccc(Cl)cc3)C2C(=O)NCCN)cc1. The van der Waals surface area contributed by atoms with Crippen LogP contribution in [0.25, 0.3) is 0 Å². The van der Waals surface area contributed by atoms with Crippen LogP contribution in [-0.4, -0.2) is 67.1 Å². The van der Waals surface area contributed by atoms with Gasteiger partial charge in [-0.05, 0) is 48.5 Å². The highest BCUT2D eigenvalue weighted by Gasteiger charge is 2.42. The topological polar surface area (TPSA) is 117 Å². The minimum Gasteiger partial charge on any atom is -0.497 e. The molecule has 0 spiro atoms. The highest BCUT2D eigenvalue weighted by molar-refractivity contribution is 6.30. The molecule has 1 aliphatic rings. The van der Waals surface area contributed by atoms with Crippen LogP contribution in [0.15, 0.2) is 48.5 Å². The fraction of sp³-hybridized carbons (Fsp3) is 0.286. The molecule has 0 radical (unpaired) electrons. The number of urea groups is 1. The summed E-state index contributed by atoms with van der Waals surface area (Å²) >= 11 is 5.90. The van der Waals surface area contributed by atoms with Gasteiger partial charge in [0.2, 0.25) is 0 Å². The molecule has 0 aliphatic carbocycles. The molecule has 4 amide bonds. The van der Waals surface area contributed by atoms with E-state index in [4.69, 9.17) is 22.1 Å². The maximum absolute atomic E-state index is 13.0. The lowest BCUT2D eigenvalue weighted by Gasteiger charge is -2.29. The average molecular weight is 446 g/mol. The summed E-state index contributed by atoms with van der Waals surface area (Å²) in [6.07, 6.45) is -1.10. The van der Waals surface area contributed by atoms with E-state index in [-0.39, 0.29) is 32.1 Å². The number of benzene rings is 2. The Kier molecular flexibility index (Phi) is 7.32. The molecule has 1 saturated heterocycles. The third-order valence-electron chi connectivity index (χ3n) is 4.80. The molecule has 0 aromatic heterocycles. The number of methoxy groups -OCH3 is 1. The number of hydrogen-bond acceptors (Lipinski definition) is 5. The number of hydrogen-bond donors (Lipinski definition) is 3. The van der Waals surface area contributed by atoms with Gasteiger partial charge in [-0.1, -0.05) is 11.6 Å². The van der Waals surface area contributed by atoms with Crippen molar-refractivity contribution in [2.45, 2.75) is 6.17 Å². The Morgan fingerprint density at radius 1 is 1.06 bits per heavy atom. The van der Waals surface area contributed by atoms with Gasteiger partial charge in [-0.15, -0.1) is 0 Å². The van der Waals surface area contributed by atoms with Crippen LogP contribution in [0.1, 0.15) is 10.4 Å². The van der Waals surface area contributed by atoms with Crippen LogP contribution in [0.2, 0.25) is 5.02 Å². The summed E-state index contributed by atoms with van der Waals surface area (Å²) in [6.45, 7) is 0.869. The van der Waals surface area contributed by atoms with Crippen LogP contribution in [0.5, 0.6) is 5.75 Å². The second-order valence-electron chi connectivity index (χ2n) is 6.81. The van der Waals surface area contributed by atoms with Crippen molar-refractivity contribution < 1.29 is 19.1 Å². The Hall–Kier alpha value is -3.30. The zero-order chi connectivity index (χ0) is 22.4. The first-order valence-corrected chi connectivity index (χ1v) is 10.1. The maximum atomic E-state index is 13.0. The first kappa shape index (κ1) is 22.4. The van der Waals surface area contributed by atoms with Crippen molar-refractivity contribution >= 4 is 35.1 Å². The standard InChI is InChI=1S/C21H24ClN5O4/c1-31-17-8-6-16(7-9-17)25-21(30)27-13-12-26(19(27)18(28)24-11-10-23)20(29)14-2-4-15(22)5-3-14/h2-9,19H,10-13,23H2,1H3,(H,24,28)(H,25,30). The van der Waals surface area contributed by atoms with E-state index in [0.717, 1.165) is 0 Å². The summed E-state index contributed by atoms with van der Waals surface area (Å²) in [5, 5.41) is 5.92. The molecule has 4 N–H and O–H groups in total. The molecule has 1 fully saturated rings. The number of carbonyl (C=O) groups excluding carboxylic acids is 3. The number of halogens is 1. The summed E-state index contributed by atoms with van der Waals surface area (Å²) in [5.41, 5.74) is 6.39. The summed E-state index contributed by atoms with van der Waals surface area (Å²) < 4.78 is 5.11. The van der Waals surface area contributed by atoms with Crippen LogP contribution in [-0.2, 0) is 4.79 Å². The van der Waals surface area contributed by atoms with Crippen LogP contribution >= 0.6 is 11.6 Å². The molecule has 1 atom stereocenters. The van der Waals surface area contributed by atoms with Crippen LogP contribution < -0.4 is 21.1 Å². The van der Waals surface area contributed by atoms with E-state index in [1.165, 1.54) is 9.80 Å². The van der Waals surface area contributed by atoms with Gasteiger partial charge in [0.15, 0.2) is 6.17 Å². The van der Waals surface area contributed by atoms with E-state index >= 15 is 0 Å². The van der Waals surface area contributed by atoms with Gasteiger partial charge in [0.1, 0.15) is 5.75 Å². The van der Waals surface area contributed by atoms with E-state index in [1.807, 2.05) is 0 Å². The van der Waals surface area contributed by atoms with Crippen LogP contribution in [0.4, 0.5) is 10.5 Å². The molecule has 164 valence electrons. The largest absolute Gasteiger partial charge is 0.497 e. The molecule has 1 aliphatic heterocycles. The number of anilines is 1. The third kappa shape index (κ3) is 5.25. The van der Waals surface area contributed by atoms with E-state index in [2.05, 4.69) is 10.6 Å². The Balaban J connectivity index is 1.80. The van der Waals surface area contributed by atoms with Crippen molar-refractivity contribution in [3.8, 4) is 5.75 Å². The molecule has 1 heterocycles. The fourth-order valence-corrected chi connectivity index (χ4v) is 3.38. The molecular weight excluding hydrogens is 422 g/mol. The van der Waals surface area contributed by atoms with Crippen molar-refractivity contribution in [1.82, 2.24) is 15.1 Å². The molecule has 10 heteroatoms. The van der Waals surface area contributed by atoms with Crippen molar-refractivity contribution in [2.75, 3.05) is 38.6 Å². The molecule has 2 aromatic rings. The summed E-state index contributed by atoms with van der Waals surface area (Å²) in [7, 11) is 1.55. The predicted molar refractivity (Wildman–Crippen MR) is 117 cm³/mol. The van der Waals surface area contributed by atoms with Gasteiger partial charge in [0, 0.05) is 42.5 Å². The molecule has 0 bridgehead atoms. The van der Waals surface area contributed by atoms with Gasteiger partial charge >= 0.3 is 6.03 Å². The molecule has 31 heavy (non-hydrogen) atoms. The van der Waals surface area contributed by atoms with Crippen LogP contribution in [0, 0.1) is 0 Å². The molecule has 2 aromatic carbocycles. The van der Waals surface area contributed by atoms with Gasteiger partial charge in [-0.25, -0.2) is 4.79 Å². The molecule has 1 unspecified atom stereocenters. The Morgan fingerprint density at radius 2 is 1.71 bits per heavy atom. The number of rotatable bonds is 6. The zero-order valence-electron chi connectivity index (χ0n) is 17.0. The van der Waals surface area contributed by atoms with Gasteiger partial charge in [-0.2, -0.15) is 0 Å². The average Bonchev–Trinajstić information content (AvgIpc) is 3.23. The second-order valence-corrected chi connectivity index (χ2v) is 7.25. The predicted octanol–water partition coefficient (Wildman–Crippen LogP) is 1.74. The number of nitrogens with one attached hydrogen (secondary N) is 2. The Morgan fingerprint density at radius 3 is 2.32 bits per heavy atom. The molecule has 3 rings (SSSR count). The van der Waals surface area contributed by atoms with Gasteiger partial charge in [0.05, 0.1) is 7.11 Å². The van der Waals surface area contributed by atoms with E-state index in [1.54, 1.807) is 55.6 Å². The van der Waals surface area contributed by atoms with E-state index in [9.17, 15) is 14.4 Å². The number of carbonyl (C=O) groups is 3. The molecule has 0 saturated carbocycles. The minimum absolute atomic E-state index is 0.196. The van der Waals surface area contributed by atoms with Crippen molar-refractivity contribution in [2.24, 2.45) is 5.73 Å². The lowest BCUT2D eigenvalue weighted by atomic mass is 10.2. The first-order chi connectivity index (χ1) is 14.9. The summed E-state index contributed by atoms with van der Waals surface area (Å²) in [4.78, 5) is 41.5. The van der Waals surface area contributed by atoms with Gasteiger partial charge < -0.3 is 26.0 Å². The van der Waals surface area contributed by atoms with Crippen molar-refractivity contribution in [3.63, 3.8) is 0 Å². The van der Waals surface area contributed by atoms with Crippen molar-refractivity contribution in [3.05, 3.63) is 59.1 Å². The summed E-state index contributed by atoms with van der Waals surface area (Å²) in [5.74, 6) is -0.197. The quantitative estimate of drug-likeness (QED) is 0.626. The number of nitrogens with two attached hydrogens (primary N) is 1. The highest BCUT2D eigenvalue weighted by Crippen LogP contribution is 2.22.